The van der Waals surface area contributed by atoms with Crippen LogP contribution in [0.5, 0.6) is 0 Å². The molecule has 2 heterocycles. The van der Waals surface area contributed by atoms with Gasteiger partial charge >= 0.3 is 0 Å². The largest absolute Gasteiger partial charge is 0.383 e. The van der Waals surface area contributed by atoms with E-state index in [4.69, 9.17) is 10.5 Å². The maximum Gasteiger partial charge on any atom is 0.241 e. The van der Waals surface area contributed by atoms with Crippen LogP contribution in [0.15, 0.2) is 24.3 Å². The Kier molecular flexibility index (Phi) is 6.81. The number of hydrogen-bond donors (Lipinski definition) is 1. The van der Waals surface area contributed by atoms with Crippen molar-refractivity contribution >= 4 is 29.9 Å². The fourth-order valence-corrected chi connectivity index (χ4v) is 3.62. The Morgan fingerprint density at radius 1 is 1.24 bits per heavy atom. The van der Waals surface area contributed by atoms with Crippen molar-refractivity contribution in [3.8, 4) is 0 Å². The first-order chi connectivity index (χ1) is 11.6. The van der Waals surface area contributed by atoms with E-state index in [1.165, 1.54) is 12.7 Å². The summed E-state index contributed by atoms with van der Waals surface area (Å²) in [5.41, 5.74) is 8.10. The average molecular weight is 368 g/mol. The van der Waals surface area contributed by atoms with Gasteiger partial charge in [-0.15, -0.1) is 12.4 Å². The van der Waals surface area contributed by atoms with Gasteiger partial charge in [-0.1, -0.05) is 18.2 Å². The number of ether oxygens (including phenoxy) is 1. The number of methoxy groups -OCH3 is 1. The average Bonchev–Trinajstić information content (AvgIpc) is 3.05. The Hall–Kier alpha value is -1.63. The molecule has 1 aromatic carbocycles. The smallest absolute Gasteiger partial charge is 0.241 e. The Balaban J connectivity index is 0.00000225. The van der Waals surface area contributed by atoms with Crippen LogP contribution >= 0.6 is 12.4 Å². The number of carbonyl (C=O) groups excluding carboxylic acids is 2. The molecule has 0 aliphatic carbocycles. The van der Waals surface area contributed by atoms with E-state index in [-0.39, 0.29) is 36.7 Å². The minimum atomic E-state index is -0.618. The first kappa shape index (κ1) is 19.7. The number of anilines is 1. The number of nitrogens with zero attached hydrogens (tertiary/aromatic N) is 2. The van der Waals surface area contributed by atoms with Gasteiger partial charge in [0.2, 0.25) is 11.8 Å². The monoisotopic (exact) mass is 367 g/mol. The molecule has 0 spiro atoms. The molecule has 3 rings (SSSR count). The molecule has 0 aromatic heterocycles. The van der Waals surface area contributed by atoms with Crippen molar-refractivity contribution < 1.29 is 14.3 Å². The predicted octanol–water partition coefficient (Wildman–Crippen LogP) is 1.21. The number of nitrogens with two attached hydrogens (primary N) is 1. The van der Waals surface area contributed by atoms with Crippen LogP contribution in [-0.2, 0) is 20.7 Å². The first-order valence-electron chi connectivity index (χ1n) is 8.54. The number of piperidine rings is 1. The molecule has 1 fully saturated rings. The molecule has 1 aromatic rings. The predicted molar refractivity (Wildman–Crippen MR) is 98.9 cm³/mol. The van der Waals surface area contributed by atoms with E-state index in [2.05, 4.69) is 6.07 Å². The van der Waals surface area contributed by atoms with E-state index in [1.54, 1.807) is 4.90 Å². The van der Waals surface area contributed by atoms with Crippen molar-refractivity contribution in [2.75, 3.05) is 38.3 Å². The van der Waals surface area contributed by atoms with Crippen molar-refractivity contribution in [3.05, 3.63) is 29.8 Å². The summed E-state index contributed by atoms with van der Waals surface area (Å²) in [5.74, 6) is 0.0846. The minimum Gasteiger partial charge on any atom is -0.383 e. The van der Waals surface area contributed by atoms with Crippen molar-refractivity contribution in [3.63, 3.8) is 0 Å². The maximum absolute atomic E-state index is 12.9. The molecule has 0 radical (unpaired) electrons. The van der Waals surface area contributed by atoms with Crippen LogP contribution in [0.3, 0.4) is 0 Å². The number of halogens is 1. The molecule has 138 valence electrons. The Morgan fingerprint density at radius 3 is 2.60 bits per heavy atom. The van der Waals surface area contributed by atoms with Gasteiger partial charge in [-0.25, -0.2) is 0 Å². The van der Waals surface area contributed by atoms with Crippen molar-refractivity contribution in [2.45, 2.75) is 25.3 Å². The third-order valence-electron chi connectivity index (χ3n) is 4.97. The lowest BCUT2D eigenvalue weighted by Gasteiger charge is -2.34. The van der Waals surface area contributed by atoms with Crippen LogP contribution in [0.4, 0.5) is 5.69 Å². The number of para-hydroxylation sites is 1. The van der Waals surface area contributed by atoms with Crippen molar-refractivity contribution in [1.29, 1.82) is 0 Å². The number of amides is 2. The van der Waals surface area contributed by atoms with Gasteiger partial charge in [0.15, 0.2) is 0 Å². The zero-order valence-corrected chi connectivity index (χ0v) is 15.3. The Morgan fingerprint density at radius 2 is 1.92 bits per heavy atom. The number of carbonyl (C=O) groups is 2. The molecule has 2 N–H and O–H groups in total. The van der Waals surface area contributed by atoms with Gasteiger partial charge in [-0.2, -0.15) is 0 Å². The molecular weight excluding hydrogens is 342 g/mol. The quantitative estimate of drug-likeness (QED) is 0.867. The third kappa shape index (κ3) is 4.14. The number of benzene rings is 1. The topological polar surface area (TPSA) is 75.9 Å². The number of hydrogen-bond acceptors (Lipinski definition) is 4. The van der Waals surface area contributed by atoms with Gasteiger partial charge in [0.05, 0.1) is 6.61 Å². The van der Waals surface area contributed by atoms with E-state index >= 15 is 0 Å². The molecule has 1 unspecified atom stereocenters. The fraction of sp³-hybridized carbons (Fsp3) is 0.556. The number of fused-ring (bicyclic) bond motifs is 1. The van der Waals surface area contributed by atoms with Gasteiger partial charge in [-0.05, 0) is 30.9 Å². The standard InChI is InChI=1S/C18H25N3O3.ClH/c1-24-12-15(19)18(23)20-9-6-14(7-10-20)17(22)21-11-8-13-4-2-3-5-16(13)21;/h2-5,14-15H,6-12,19H2,1H3;1H. The van der Waals surface area contributed by atoms with E-state index < -0.39 is 6.04 Å². The van der Waals surface area contributed by atoms with Gasteiger partial charge in [0.25, 0.3) is 0 Å². The molecule has 2 aliphatic rings. The molecule has 6 nitrogen and oxygen atoms in total. The van der Waals surface area contributed by atoms with E-state index in [0.717, 1.165) is 18.7 Å². The highest BCUT2D eigenvalue weighted by Crippen LogP contribution is 2.31. The molecule has 1 saturated heterocycles. The minimum absolute atomic E-state index is 0. The Bertz CT molecular complexity index is 617. The van der Waals surface area contributed by atoms with Crippen LogP contribution in [-0.4, -0.2) is 56.1 Å². The molecule has 0 saturated carbocycles. The summed E-state index contributed by atoms with van der Waals surface area (Å²) in [4.78, 5) is 28.7. The van der Waals surface area contributed by atoms with Crippen molar-refractivity contribution in [2.24, 2.45) is 11.7 Å². The van der Waals surface area contributed by atoms with Gasteiger partial charge in [0, 0.05) is 38.3 Å². The molecule has 0 bridgehead atoms. The molecule has 25 heavy (non-hydrogen) atoms. The van der Waals surface area contributed by atoms with Gasteiger partial charge in [0.1, 0.15) is 6.04 Å². The van der Waals surface area contributed by atoms with E-state index in [1.807, 2.05) is 23.1 Å². The lowest BCUT2D eigenvalue weighted by Crippen LogP contribution is -2.50. The lowest BCUT2D eigenvalue weighted by atomic mass is 9.94. The fourth-order valence-electron chi connectivity index (χ4n) is 3.62. The maximum atomic E-state index is 12.9. The molecule has 2 amide bonds. The van der Waals surface area contributed by atoms with Crippen LogP contribution in [0.1, 0.15) is 18.4 Å². The molecule has 2 aliphatic heterocycles. The highest BCUT2D eigenvalue weighted by atomic mass is 35.5. The highest BCUT2D eigenvalue weighted by molar-refractivity contribution is 5.97. The normalized spacial score (nSPS) is 18.5. The van der Waals surface area contributed by atoms with Crippen LogP contribution in [0.25, 0.3) is 0 Å². The zero-order valence-electron chi connectivity index (χ0n) is 14.5. The zero-order chi connectivity index (χ0) is 17.1. The summed E-state index contributed by atoms with van der Waals surface area (Å²) in [6.07, 6.45) is 2.32. The lowest BCUT2D eigenvalue weighted by molar-refractivity contribution is -0.137. The Labute approximate surface area is 154 Å². The summed E-state index contributed by atoms with van der Waals surface area (Å²) in [5, 5.41) is 0. The van der Waals surface area contributed by atoms with Gasteiger partial charge < -0.3 is 20.3 Å². The van der Waals surface area contributed by atoms with Crippen molar-refractivity contribution in [1.82, 2.24) is 4.90 Å². The summed E-state index contributed by atoms with van der Waals surface area (Å²) >= 11 is 0. The summed E-state index contributed by atoms with van der Waals surface area (Å²) in [6.45, 7) is 2.16. The molecule has 1 atom stereocenters. The second-order valence-electron chi connectivity index (χ2n) is 6.53. The highest BCUT2D eigenvalue weighted by Gasteiger charge is 2.34. The summed E-state index contributed by atoms with van der Waals surface area (Å²) in [6, 6.07) is 7.47. The van der Waals surface area contributed by atoms with E-state index in [0.29, 0.717) is 25.9 Å². The second kappa shape index (κ2) is 8.65. The summed E-state index contributed by atoms with van der Waals surface area (Å²) < 4.78 is 4.94. The van der Waals surface area contributed by atoms with E-state index in [9.17, 15) is 9.59 Å². The third-order valence-corrected chi connectivity index (χ3v) is 4.97. The SMILES string of the molecule is COCC(N)C(=O)N1CCC(C(=O)N2CCc3ccccc32)CC1.Cl. The first-order valence-corrected chi connectivity index (χ1v) is 8.54. The van der Waals surface area contributed by atoms with Crippen LogP contribution in [0.2, 0.25) is 0 Å². The number of rotatable bonds is 4. The summed E-state index contributed by atoms with van der Waals surface area (Å²) in [7, 11) is 1.53. The second-order valence-corrected chi connectivity index (χ2v) is 6.53. The van der Waals surface area contributed by atoms with Gasteiger partial charge in [-0.3, -0.25) is 9.59 Å². The van der Waals surface area contributed by atoms with Crippen LogP contribution in [0, 0.1) is 5.92 Å². The van der Waals surface area contributed by atoms with Crippen LogP contribution < -0.4 is 10.6 Å². The molecule has 7 heteroatoms. The number of likely N-dealkylation sites (tertiary alicyclic amines) is 1. The molecular formula is C18H26ClN3O3.